The van der Waals surface area contributed by atoms with Gasteiger partial charge in [0.2, 0.25) is 5.91 Å². The highest BCUT2D eigenvalue weighted by Crippen LogP contribution is 2.13. The van der Waals surface area contributed by atoms with Gasteiger partial charge in [-0.3, -0.25) is 4.79 Å². The molecule has 0 unspecified atom stereocenters. The number of benzene rings is 2. The van der Waals surface area contributed by atoms with E-state index in [0.29, 0.717) is 19.4 Å². The smallest absolute Gasteiger partial charge is 0.220 e. The summed E-state index contributed by atoms with van der Waals surface area (Å²) in [5.41, 5.74) is 1.98. The Balaban J connectivity index is 1.74. The van der Waals surface area contributed by atoms with Crippen LogP contribution in [0.2, 0.25) is 0 Å². The van der Waals surface area contributed by atoms with Crippen molar-refractivity contribution in [1.29, 1.82) is 0 Å². The van der Waals surface area contributed by atoms with Crippen molar-refractivity contribution in [2.75, 3.05) is 0 Å². The molecule has 0 fully saturated rings. The molecular weight excluding hydrogens is 293 g/mol. The lowest BCUT2D eigenvalue weighted by Crippen LogP contribution is -2.23. The fourth-order valence-electron chi connectivity index (χ4n) is 2.16. The van der Waals surface area contributed by atoms with Crippen LogP contribution in [-0.2, 0) is 17.8 Å². The Morgan fingerprint density at radius 1 is 1.04 bits per heavy atom. The zero-order valence-electron chi connectivity index (χ0n) is 13.5. The van der Waals surface area contributed by atoms with E-state index in [2.05, 4.69) is 5.32 Å². The van der Waals surface area contributed by atoms with Gasteiger partial charge in [0.1, 0.15) is 11.6 Å². The van der Waals surface area contributed by atoms with E-state index < -0.39 is 0 Å². The quantitative estimate of drug-likeness (QED) is 0.842. The molecule has 0 saturated heterocycles. The Morgan fingerprint density at radius 2 is 1.65 bits per heavy atom. The van der Waals surface area contributed by atoms with Crippen LogP contribution in [0.15, 0.2) is 48.5 Å². The van der Waals surface area contributed by atoms with Crippen molar-refractivity contribution in [3.05, 3.63) is 65.5 Å². The highest BCUT2D eigenvalue weighted by molar-refractivity contribution is 5.76. The van der Waals surface area contributed by atoms with Crippen LogP contribution in [0, 0.1) is 5.82 Å². The topological polar surface area (TPSA) is 38.3 Å². The van der Waals surface area contributed by atoms with Crippen LogP contribution in [0.5, 0.6) is 5.75 Å². The Morgan fingerprint density at radius 3 is 2.26 bits per heavy atom. The lowest BCUT2D eigenvalue weighted by molar-refractivity contribution is -0.121. The minimum absolute atomic E-state index is 0.0168. The maximum atomic E-state index is 12.8. The predicted molar refractivity (Wildman–Crippen MR) is 88.8 cm³/mol. The minimum atomic E-state index is -0.261. The van der Waals surface area contributed by atoms with Crippen molar-refractivity contribution in [2.24, 2.45) is 0 Å². The molecule has 2 aromatic rings. The van der Waals surface area contributed by atoms with Gasteiger partial charge in [-0.05, 0) is 55.7 Å². The van der Waals surface area contributed by atoms with Gasteiger partial charge in [0.15, 0.2) is 0 Å². The molecule has 1 N–H and O–H groups in total. The van der Waals surface area contributed by atoms with E-state index in [1.54, 1.807) is 12.1 Å². The van der Waals surface area contributed by atoms with Crippen molar-refractivity contribution < 1.29 is 13.9 Å². The monoisotopic (exact) mass is 315 g/mol. The summed E-state index contributed by atoms with van der Waals surface area (Å²) in [6.45, 7) is 4.45. The first-order chi connectivity index (χ1) is 11.0. The first kappa shape index (κ1) is 17.0. The van der Waals surface area contributed by atoms with E-state index in [1.165, 1.54) is 12.1 Å². The molecule has 0 heterocycles. The average Bonchev–Trinajstić information content (AvgIpc) is 2.53. The zero-order valence-corrected chi connectivity index (χ0v) is 13.5. The van der Waals surface area contributed by atoms with Crippen LogP contribution in [0.1, 0.15) is 31.4 Å². The Bertz CT molecular complexity index is 621. The lowest BCUT2D eigenvalue weighted by Gasteiger charge is -2.10. The van der Waals surface area contributed by atoms with Gasteiger partial charge in [0.05, 0.1) is 6.10 Å². The SMILES string of the molecule is CC(C)Oc1ccc(CNC(=O)CCc2ccc(F)cc2)cc1. The molecule has 0 spiro atoms. The number of halogens is 1. The average molecular weight is 315 g/mol. The molecule has 0 aliphatic carbocycles. The van der Waals surface area contributed by atoms with Gasteiger partial charge in [-0.2, -0.15) is 0 Å². The summed E-state index contributed by atoms with van der Waals surface area (Å²) in [7, 11) is 0. The Kier molecular flexibility index (Phi) is 6.15. The number of nitrogens with one attached hydrogen (secondary N) is 1. The number of carbonyl (C=O) groups excluding carboxylic acids is 1. The summed E-state index contributed by atoms with van der Waals surface area (Å²) in [5, 5.41) is 2.89. The molecule has 3 nitrogen and oxygen atoms in total. The van der Waals surface area contributed by atoms with Crippen LogP contribution in [0.25, 0.3) is 0 Å². The fraction of sp³-hybridized carbons (Fsp3) is 0.316. The van der Waals surface area contributed by atoms with Gasteiger partial charge >= 0.3 is 0 Å². The van der Waals surface area contributed by atoms with Gasteiger partial charge in [-0.25, -0.2) is 4.39 Å². The van der Waals surface area contributed by atoms with E-state index >= 15 is 0 Å². The first-order valence-corrected chi connectivity index (χ1v) is 7.79. The Hall–Kier alpha value is -2.36. The Labute approximate surface area is 136 Å². The maximum absolute atomic E-state index is 12.8. The largest absolute Gasteiger partial charge is 0.491 e. The highest BCUT2D eigenvalue weighted by Gasteiger charge is 2.03. The summed E-state index contributed by atoms with van der Waals surface area (Å²) in [4.78, 5) is 11.9. The molecule has 2 rings (SSSR count). The molecule has 0 aromatic heterocycles. The molecule has 0 bridgehead atoms. The molecule has 0 radical (unpaired) electrons. The van der Waals surface area contributed by atoms with Gasteiger partial charge in [-0.15, -0.1) is 0 Å². The molecule has 0 saturated carbocycles. The molecule has 4 heteroatoms. The van der Waals surface area contributed by atoms with Crippen LogP contribution in [0.3, 0.4) is 0 Å². The number of amides is 1. The van der Waals surface area contributed by atoms with Gasteiger partial charge in [-0.1, -0.05) is 24.3 Å². The maximum Gasteiger partial charge on any atom is 0.220 e. The van der Waals surface area contributed by atoms with Crippen molar-refractivity contribution >= 4 is 5.91 Å². The fourth-order valence-corrected chi connectivity index (χ4v) is 2.16. The third-order valence-corrected chi connectivity index (χ3v) is 3.34. The number of aryl methyl sites for hydroxylation is 1. The van der Waals surface area contributed by atoms with Gasteiger partial charge < -0.3 is 10.1 Å². The van der Waals surface area contributed by atoms with E-state index in [9.17, 15) is 9.18 Å². The standard InChI is InChI=1S/C19H22FNO2/c1-14(2)23-18-10-5-16(6-11-18)13-21-19(22)12-7-15-3-8-17(20)9-4-15/h3-6,8-11,14H,7,12-13H2,1-2H3,(H,21,22). The minimum Gasteiger partial charge on any atom is -0.491 e. The molecule has 2 aromatic carbocycles. The van der Waals surface area contributed by atoms with Crippen LogP contribution >= 0.6 is 0 Å². The summed E-state index contributed by atoms with van der Waals surface area (Å²) in [6.07, 6.45) is 1.14. The summed E-state index contributed by atoms with van der Waals surface area (Å²) in [5.74, 6) is 0.548. The number of ether oxygens (including phenoxy) is 1. The molecule has 0 aliphatic heterocycles. The number of hydrogen-bond acceptors (Lipinski definition) is 2. The van der Waals surface area contributed by atoms with Crippen molar-refractivity contribution in [3.8, 4) is 5.75 Å². The lowest BCUT2D eigenvalue weighted by atomic mass is 10.1. The summed E-state index contributed by atoms with van der Waals surface area (Å²) < 4.78 is 18.4. The second-order valence-electron chi connectivity index (χ2n) is 5.71. The first-order valence-electron chi connectivity index (χ1n) is 7.79. The van der Waals surface area contributed by atoms with E-state index in [0.717, 1.165) is 16.9 Å². The van der Waals surface area contributed by atoms with E-state index in [4.69, 9.17) is 4.74 Å². The predicted octanol–water partition coefficient (Wildman–Crippen LogP) is 3.86. The second-order valence-corrected chi connectivity index (χ2v) is 5.71. The molecule has 1 amide bonds. The van der Waals surface area contributed by atoms with Crippen molar-refractivity contribution in [1.82, 2.24) is 5.32 Å². The third-order valence-electron chi connectivity index (χ3n) is 3.34. The zero-order chi connectivity index (χ0) is 16.7. The summed E-state index contributed by atoms with van der Waals surface area (Å²) >= 11 is 0. The van der Waals surface area contributed by atoms with Gasteiger partial charge in [0, 0.05) is 13.0 Å². The number of rotatable bonds is 7. The van der Waals surface area contributed by atoms with Crippen molar-refractivity contribution in [3.63, 3.8) is 0 Å². The highest BCUT2D eigenvalue weighted by atomic mass is 19.1. The van der Waals surface area contributed by atoms with Crippen LogP contribution in [0.4, 0.5) is 4.39 Å². The number of carbonyl (C=O) groups is 1. The molecule has 122 valence electrons. The van der Waals surface area contributed by atoms with Gasteiger partial charge in [0.25, 0.3) is 0 Å². The van der Waals surface area contributed by atoms with Crippen LogP contribution < -0.4 is 10.1 Å². The van der Waals surface area contributed by atoms with E-state index in [1.807, 2.05) is 38.1 Å². The number of hydrogen-bond donors (Lipinski definition) is 1. The third kappa shape index (κ3) is 6.10. The molecule has 23 heavy (non-hydrogen) atoms. The molecule has 0 aliphatic rings. The second kappa shape index (κ2) is 8.32. The van der Waals surface area contributed by atoms with E-state index in [-0.39, 0.29) is 17.8 Å². The molecular formula is C19H22FNO2. The summed E-state index contributed by atoms with van der Waals surface area (Å²) in [6, 6.07) is 13.9. The van der Waals surface area contributed by atoms with Crippen molar-refractivity contribution in [2.45, 2.75) is 39.3 Å². The normalized spacial score (nSPS) is 10.6. The molecule has 0 atom stereocenters. The van der Waals surface area contributed by atoms with Crippen LogP contribution in [-0.4, -0.2) is 12.0 Å².